The Morgan fingerprint density at radius 2 is 2.00 bits per heavy atom. The Kier molecular flexibility index (Phi) is 4.72. The molecule has 3 fully saturated rings. The number of fused-ring (bicyclic) bond motifs is 2. The first-order chi connectivity index (χ1) is 9.69. The summed E-state index contributed by atoms with van der Waals surface area (Å²) in [4.78, 5) is 12.1. The van der Waals surface area contributed by atoms with Crippen LogP contribution in [0.25, 0.3) is 0 Å². The first-order valence-electron chi connectivity index (χ1n) is 8.61. The maximum Gasteiger partial charge on any atom is 0.306 e. The van der Waals surface area contributed by atoms with Gasteiger partial charge < -0.3 is 9.84 Å². The molecule has 2 bridgehead atoms. The highest BCUT2D eigenvalue weighted by Crippen LogP contribution is 2.63. The third-order valence-electron chi connectivity index (χ3n) is 6.17. The summed E-state index contributed by atoms with van der Waals surface area (Å²) < 4.78 is 5.66. The normalized spacial score (nSPS) is 38.5. The molecule has 5 atom stereocenters. The maximum atomic E-state index is 12.1. The van der Waals surface area contributed by atoms with Gasteiger partial charge in [0.1, 0.15) is 11.7 Å². The zero-order chi connectivity index (χ0) is 15.8. The zero-order valence-electron chi connectivity index (χ0n) is 14.3. The largest absolute Gasteiger partial charge is 0.459 e. The lowest BCUT2D eigenvalue weighted by Crippen LogP contribution is -2.67. The second-order valence-corrected chi connectivity index (χ2v) is 8.20. The lowest BCUT2D eigenvalue weighted by atomic mass is 9.43. The van der Waals surface area contributed by atoms with Crippen LogP contribution in [-0.4, -0.2) is 22.8 Å². The van der Waals surface area contributed by atoms with Gasteiger partial charge in [-0.25, -0.2) is 0 Å². The lowest BCUT2D eigenvalue weighted by Gasteiger charge is -2.64. The molecule has 3 aliphatic rings. The molecule has 1 N–H and O–H groups in total. The summed E-state index contributed by atoms with van der Waals surface area (Å²) in [5.74, 6) is 1.07. The lowest BCUT2D eigenvalue weighted by molar-refractivity contribution is -0.253. The van der Waals surface area contributed by atoms with E-state index in [1.165, 1.54) is 0 Å². The summed E-state index contributed by atoms with van der Waals surface area (Å²) in [5.41, 5.74) is -0.693. The van der Waals surface area contributed by atoms with Gasteiger partial charge in [0.05, 0.1) is 0 Å². The topological polar surface area (TPSA) is 46.5 Å². The molecule has 0 aromatic carbocycles. The van der Waals surface area contributed by atoms with Crippen LogP contribution in [0.2, 0.25) is 0 Å². The van der Waals surface area contributed by atoms with Gasteiger partial charge in [-0.1, -0.05) is 47.0 Å². The number of esters is 1. The fourth-order valence-electron chi connectivity index (χ4n) is 4.44. The summed E-state index contributed by atoms with van der Waals surface area (Å²) in [6, 6.07) is 0. The van der Waals surface area contributed by atoms with Crippen molar-refractivity contribution in [2.24, 2.45) is 23.2 Å². The van der Waals surface area contributed by atoms with Crippen LogP contribution in [0, 0.1) is 23.2 Å². The molecule has 0 radical (unpaired) electrons. The Hall–Kier alpha value is -0.570. The molecule has 3 nitrogen and oxygen atoms in total. The van der Waals surface area contributed by atoms with Crippen molar-refractivity contribution in [2.75, 3.05) is 0 Å². The summed E-state index contributed by atoms with van der Waals surface area (Å²) >= 11 is 0. The van der Waals surface area contributed by atoms with E-state index < -0.39 is 5.60 Å². The molecular weight excluding hydrogens is 264 g/mol. The molecule has 0 unspecified atom stereocenters. The second-order valence-electron chi connectivity index (χ2n) is 8.20. The minimum atomic E-state index is -0.874. The van der Waals surface area contributed by atoms with Crippen molar-refractivity contribution < 1.29 is 14.6 Å². The Balaban J connectivity index is 1.88. The highest BCUT2D eigenvalue weighted by Gasteiger charge is 2.64. The van der Waals surface area contributed by atoms with E-state index in [0.717, 1.165) is 32.1 Å². The second kappa shape index (κ2) is 5.91. The molecule has 0 aromatic rings. The monoisotopic (exact) mass is 296 g/mol. The number of ether oxygens (including phenoxy) is 1. The van der Waals surface area contributed by atoms with E-state index in [0.29, 0.717) is 18.3 Å². The predicted octanol–water partition coefficient (Wildman–Crippen LogP) is 3.93. The SMILES string of the molecule is CCCC[C@H](C)CC(=O)O[C@H]1C[C@H]2C[C@H](C2(C)C)[C@@]1(C)O. The molecule has 0 aromatic heterocycles. The van der Waals surface area contributed by atoms with Gasteiger partial charge in [0.2, 0.25) is 0 Å². The van der Waals surface area contributed by atoms with E-state index in [-0.39, 0.29) is 23.4 Å². The molecule has 0 spiro atoms. The number of carbonyl (C=O) groups excluding carboxylic acids is 1. The van der Waals surface area contributed by atoms with Gasteiger partial charge in [-0.3, -0.25) is 4.79 Å². The first-order valence-corrected chi connectivity index (χ1v) is 8.61. The van der Waals surface area contributed by atoms with E-state index in [9.17, 15) is 9.90 Å². The van der Waals surface area contributed by atoms with Crippen LogP contribution in [-0.2, 0) is 9.53 Å². The average molecular weight is 296 g/mol. The van der Waals surface area contributed by atoms with Crippen molar-refractivity contribution in [3.8, 4) is 0 Å². The smallest absolute Gasteiger partial charge is 0.306 e. The highest BCUT2D eigenvalue weighted by molar-refractivity contribution is 5.70. The number of carbonyl (C=O) groups is 1. The third kappa shape index (κ3) is 3.13. The van der Waals surface area contributed by atoms with Gasteiger partial charge in [0.25, 0.3) is 0 Å². The van der Waals surface area contributed by atoms with Gasteiger partial charge >= 0.3 is 5.97 Å². The molecule has 122 valence electrons. The Labute approximate surface area is 129 Å². The predicted molar refractivity (Wildman–Crippen MR) is 83.8 cm³/mol. The fraction of sp³-hybridized carbons (Fsp3) is 0.944. The third-order valence-corrected chi connectivity index (χ3v) is 6.17. The molecule has 3 saturated carbocycles. The summed E-state index contributed by atoms with van der Waals surface area (Å²) in [6.45, 7) is 10.6. The van der Waals surface area contributed by atoms with Crippen LogP contribution in [0.5, 0.6) is 0 Å². The summed E-state index contributed by atoms with van der Waals surface area (Å²) in [6.07, 6.45) is 5.44. The summed E-state index contributed by atoms with van der Waals surface area (Å²) in [7, 11) is 0. The van der Waals surface area contributed by atoms with E-state index in [2.05, 4.69) is 27.7 Å². The van der Waals surface area contributed by atoms with Crippen molar-refractivity contribution in [2.45, 2.75) is 84.8 Å². The Morgan fingerprint density at radius 1 is 1.33 bits per heavy atom. The first kappa shape index (κ1) is 16.8. The fourth-order valence-corrected chi connectivity index (χ4v) is 4.44. The zero-order valence-corrected chi connectivity index (χ0v) is 14.3. The van der Waals surface area contributed by atoms with Crippen molar-refractivity contribution in [1.82, 2.24) is 0 Å². The van der Waals surface area contributed by atoms with Gasteiger partial charge in [-0.05, 0) is 42.9 Å². The molecule has 0 aliphatic heterocycles. The number of aliphatic hydroxyl groups is 1. The average Bonchev–Trinajstić information content (AvgIpc) is 2.37. The quantitative estimate of drug-likeness (QED) is 0.755. The summed E-state index contributed by atoms with van der Waals surface area (Å²) in [5, 5.41) is 10.8. The van der Waals surface area contributed by atoms with E-state index >= 15 is 0 Å². The number of unbranched alkanes of at least 4 members (excludes halogenated alkanes) is 1. The number of hydrogen-bond donors (Lipinski definition) is 1. The van der Waals surface area contributed by atoms with Crippen LogP contribution in [0.4, 0.5) is 0 Å². The number of hydrogen-bond acceptors (Lipinski definition) is 3. The molecular formula is C18H32O3. The van der Waals surface area contributed by atoms with Gasteiger partial charge in [-0.15, -0.1) is 0 Å². The van der Waals surface area contributed by atoms with Crippen LogP contribution in [0.15, 0.2) is 0 Å². The van der Waals surface area contributed by atoms with Crippen molar-refractivity contribution >= 4 is 5.97 Å². The number of rotatable bonds is 6. The molecule has 0 amide bonds. The standard InChI is InChI=1S/C18H32O3/c1-6-7-8-12(2)9-16(19)21-15-11-13-10-14(17(13,3)4)18(15,5)20/h12-15,20H,6-11H2,1-5H3/t12-,13+,14+,15-,18+/m0/s1. The van der Waals surface area contributed by atoms with Crippen molar-refractivity contribution in [3.63, 3.8) is 0 Å². The molecule has 3 heteroatoms. The molecule has 3 rings (SSSR count). The van der Waals surface area contributed by atoms with Gasteiger partial charge in [-0.2, -0.15) is 0 Å². The van der Waals surface area contributed by atoms with E-state index in [4.69, 9.17) is 4.74 Å². The highest BCUT2D eigenvalue weighted by atomic mass is 16.6. The molecule has 0 saturated heterocycles. The van der Waals surface area contributed by atoms with Crippen molar-refractivity contribution in [3.05, 3.63) is 0 Å². The minimum absolute atomic E-state index is 0.136. The maximum absolute atomic E-state index is 12.1. The van der Waals surface area contributed by atoms with E-state index in [1.54, 1.807) is 0 Å². The Morgan fingerprint density at radius 3 is 2.52 bits per heavy atom. The molecule has 3 aliphatic carbocycles. The van der Waals surface area contributed by atoms with Crippen LogP contribution in [0.1, 0.15) is 73.1 Å². The van der Waals surface area contributed by atoms with Crippen LogP contribution < -0.4 is 0 Å². The Bertz CT molecular complexity index is 386. The van der Waals surface area contributed by atoms with Crippen molar-refractivity contribution in [1.29, 1.82) is 0 Å². The van der Waals surface area contributed by atoms with Crippen LogP contribution >= 0.6 is 0 Å². The van der Waals surface area contributed by atoms with Gasteiger partial charge in [0.15, 0.2) is 0 Å². The molecule has 0 heterocycles. The van der Waals surface area contributed by atoms with Gasteiger partial charge in [0, 0.05) is 6.42 Å². The van der Waals surface area contributed by atoms with Crippen LogP contribution in [0.3, 0.4) is 0 Å². The van der Waals surface area contributed by atoms with E-state index in [1.807, 2.05) is 6.92 Å². The molecule has 21 heavy (non-hydrogen) atoms. The minimum Gasteiger partial charge on any atom is -0.459 e.